The zero-order valence-corrected chi connectivity index (χ0v) is 29.0. The molecule has 8 heteroatoms. The molecule has 0 aliphatic carbocycles. The Morgan fingerprint density at radius 2 is 0.630 bits per heavy atom. The first-order valence-corrected chi connectivity index (χ1v) is 17.9. The summed E-state index contributed by atoms with van der Waals surface area (Å²) in [5, 5.41) is 0. The zero-order valence-electron chi connectivity index (χ0n) is 29.0. The smallest absolute Gasteiger partial charge is 0.237 e. The predicted octanol–water partition coefficient (Wildman–Crippen LogP) is 5.44. The van der Waals surface area contributed by atoms with Crippen molar-refractivity contribution < 1.29 is 18.3 Å². The van der Waals surface area contributed by atoms with Crippen LogP contribution in [0.2, 0.25) is 0 Å². The third-order valence-electron chi connectivity index (χ3n) is 9.00. The quantitative estimate of drug-likeness (QED) is 0.103. The minimum atomic E-state index is 0.863. The fourth-order valence-corrected chi connectivity index (χ4v) is 6.19. The van der Waals surface area contributed by atoms with E-state index in [1.54, 1.807) is 0 Å². The maximum Gasteiger partial charge on any atom is 0.244 e. The van der Waals surface area contributed by atoms with Crippen LogP contribution in [0.15, 0.2) is 87.0 Å². The molecule has 5 rings (SSSR count). The van der Waals surface area contributed by atoms with Gasteiger partial charge in [-0.25, -0.2) is 36.5 Å². The summed E-state index contributed by atoms with van der Waals surface area (Å²) in [7, 11) is 0. The van der Waals surface area contributed by atoms with E-state index >= 15 is 0 Å². The lowest BCUT2D eigenvalue weighted by Crippen LogP contribution is -2.38. The van der Waals surface area contributed by atoms with E-state index in [0.29, 0.717) is 0 Å². The molecule has 0 unspecified atom stereocenters. The molecule has 246 valence electrons. The molecule has 0 radical (unpaired) electrons. The van der Waals surface area contributed by atoms with Crippen molar-refractivity contribution in [3.05, 3.63) is 109 Å². The first-order chi connectivity index (χ1) is 22.6. The standard InChI is InChI=1S/C38H58N8/c1-5-9-13-39-17-21-43(31-39)27-35-25-37(29-45-23-19-41(33-45)15-11-7-3)38(30-46-24-20-42(34-46)16-12-8-4)26-36(35)28-44-22-18-40(32-44)14-10-6-2/h17-26,31-34H,5-16,27-30H2,1-4H3/q+4. The molecule has 0 bridgehead atoms. The number of aryl methyl sites for hydroxylation is 4. The van der Waals surface area contributed by atoms with E-state index in [2.05, 4.69) is 151 Å². The van der Waals surface area contributed by atoms with Gasteiger partial charge in [-0.2, -0.15) is 0 Å². The predicted molar refractivity (Wildman–Crippen MR) is 181 cm³/mol. The van der Waals surface area contributed by atoms with Gasteiger partial charge in [-0.15, -0.1) is 0 Å². The number of aromatic nitrogens is 8. The van der Waals surface area contributed by atoms with Gasteiger partial charge in [0.25, 0.3) is 0 Å². The van der Waals surface area contributed by atoms with Crippen LogP contribution in [0.5, 0.6) is 0 Å². The second-order valence-electron chi connectivity index (χ2n) is 13.1. The number of hydrogen-bond donors (Lipinski definition) is 0. The Labute approximate surface area is 276 Å². The number of unbranched alkanes of at least 4 members (excludes halogenated alkanes) is 4. The Bertz CT molecular complexity index is 1380. The molecular weight excluding hydrogens is 568 g/mol. The summed E-state index contributed by atoms with van der Waals surface area (Å²) in [5.74, 6) is 0. The molecule has 0 amide bonds. The van der Waals surface area contributed by atoms with Crippen LogP contribution in [0.3, 0.4) is 0 Å². The molecule has 8 nitrogen and oxygen atoms in total. The lowest BCUT2D eigenvalue weighted by molar-refractivity contribution is -0.694. The molecule has 0 atom stereocenters. The van der Waals surface area contributed by atoms with Gasteiger partial charge in [-0.05, 0) is 37.8 Å². The van der Waals surface area contributed by atoms with Crippen LogP contribution in [0, 0.1) is 0 Å². The van der Waals surface area contributed by atoms with E-state index in [1.165, 1.54) is 73.6 Å². The molecule has 4 heterocycles. The summed E-state index contributed by atoms with van der Waals surface area (Å²) in [4.78, 5) is 0. The summed E-state index contributed by atoms with van der Waals surface area (Å²) in [6.45, 7) is 16.8. The number of nitrogens with zero attached hydrogens (tertiary/aromatic N) is 8. The van der Waals surface area contributed by atoms with Gasteiger partial charge in [-0.1, -0.05) is 53.4 Å². The van der Waals surface area contributed by atoms with Gasteiger partial charge < -0.3 is 0 Å². The van der Waals surface area contributed by atoms with Crippen LogP contribution in [-0.2, 0) is 52.4 Å². The molecule has 4 aromatic heterocycles. The second kappa shape index (κ2) is 17.1. The molecule has 0 saturated heterocycles. The highest BCUT2D eigenvalue weighted by Crippen LogP contribution is 2.19. The van der Waals surface area contributed by atoms with Crippen molar-refractivity contribution in [3.63, 3.8) is 0 Å². The van der Waals surface area contributed by atoms with Gasteiger partial charge in [0.05, 0.1) is 26.2 Å². The van der Waals surface area contributed by atoms with Crippen LogP contribution in [-0.4, -0.2) is 18.3 Å². The summed E-state index contributed by atoms with van der Waals surface area (Å²) >= 11 is 0. The molecule has 1 aromatic carbocycles. The zero-order chi connectivity index (χ0) is 32.1. The summed E-state index contributed by atoms with van der Waals surface area (Å²) in [6.07, 6.45) is 36.6. The lowest BCUT2D eigenvalue weighted by Gasteiger charge is -2.14. The minimum Gasteiger partial charge on any atom is -0.237 e. The second-order valence-corrected chi connectivity index (χ2v) is 13.1. The average molecular weight is 627 g/mol. The van der Waals surface area contributed by atoms with Crippen molar-refractivity contribution in [1.29, 1.82) is 0 Å². The summed E-state index contributed by atoms with van der Waals surface area (Å²) in [5.41, 5.74) is 5.56. The minimum absolute atomic E-state index is 0.863. The highest BCUT2D eigenvalue weighted by Gasteiger charge is 2.19. The molecule has 46 heavy (non-hydrogen) atoms. The molecular formula is C38H58N8+4. The first-order valence-electron chi connectivity index (χ1n) is 17.9. The van der Waals surface area contributed by atoms with E-state index in [4.69, 9.17) is 0 Å². The van der Waals surface area contributed by atoms with Gasteiger partial charge in [0.1, 0.15) is 75.8 Å². The molecule has 0 N–H and O–H groups in total. The van der Waals surface area contributed by atoms with E-state index in [1.807, 2.05) is 0 Å². The van der Waals surface area contributed by atoms with E-state index in [0.717, 1.165) is 52.4 Å². The molecule has 0 spiro atoms. The van der Waals surface area contributed by atoms with Crippen LogP contribution < -0.4 is 18.3 Å². The topological polar surface area (TPSA) is 35.2 Å². The van der Waals surface area contributed by atoms with Crippen molar-refractivity contribution in [3.8, 4) is 0 Å². The number of benzene rings is 1. The average Bonchev–Trinajstić information content (AvgIpc) is 3.88. The van der Waals surface area contributed by atoms with E-state index < -0.39 is 0 Å². The van der Waals surface area contributed by atoms with Gasteiger partial charge in [0.15, 0.2) is 0 Å². The number of imidazole rings is 4. The third kappa shape index (κ3) is 9.54. The maximum absolute atomic E-state index is 2.50. The first kappa shape index (κ1) is 33.4. The third-order valence-corrected chi connectivity index (χ3v) is 9.00. The summed E-state index contributed by atoms with van der Waals surface area (Å²) < 4.78 is 18.7. The van der Waals surface area contributed by atoms with Gasteiger partial charge in [-0.3, -0.25) is 0 Å². The Morgan fingerprint density at radius 1 is 0.391 bits per heavy atom. The monoisotopic (exact) mass is 626 g/mol. The van der Waals surface area contributed by atoms with Crippen molar-refractivity contribution in [2.24, 2.45) is 0 Å². The number of hydrogen-bond acceptors (Lipinski definition) is 0. The fourth-order valence-electron chi connectivity index (χ4n) is 6.19. The van der Waals surface area contributed by atoms with Crippen LogP contribution in [0.4, 0.5) is 0 Å². The Hall–Kier alpha value is -3.94. The molecule has 0 aliphatic rings. The van der Waals surface area contributed by atoms with Crippen molar-refractivity contribution in [1.82, 2.24) is 18.3 Å². The molecule has 5 aromatic rings. The van der Waals surface area contributed by atoms with Crippen molar-refractivity contribution in [2.45, 2.75) is 131 Å². The van der Waals surface area contributed by atoms with E-state index in [-0.39, 0.29) is 0 Å². The fraction of sp³-hybridized carbons (Fsp3) is 0.526. The highest BCUT2D eigenvalue weighted by atomic mass is 15.1. The Kier molecular flexibility index (Phi) is 12.4. The van der Waals surface area contributed by atoms with Gasteiger partial charge >= 0.3 is 0 Å². The van der Waals surface area contributed by atoms with Gasteiger partial charge in [0.2, 0.25) is 25.3 Å². The molecule has 0 fully saturated rings. The Balaban J connectivity index is 1.50. The molecule has 0 saturated carbocycles. The van der Waals surface area contributed by atoms with Crippen LogP contribution in [0.1, 0.15) is 101 Å². The Morgan fingerprint density at radius 3 is 0.848 bits per heavy atom. The van der Waals surface area contributed by atoms with Crippen LogP contribution >= 0.6 is 0 Å². The van der Waals surface area contributed by atoms with Gasteiger partial charge in [0, 0.05) is 22.3 Å². The lowest BCUT2D eigenvalue weighted by atomic mass is 9.97. The summed E-state index contributed by atoms with van der Waals surface area (Å²) in [6, 6.07) is 5.00. The number of rotatable bonds is 20. The van der Waals surface area contributed by atoms with E-state index in [9.17, 15) is 0 Å². The normalized spacial score (nSPS) is 11.6. The SMILES string of the molecule is CCCCn1cc[n+](Cc2cc(C[n+]3ccn(CCCC)c3)c(C[n+]3ccn(CCCC)c3)cc2C[n+]2ccn(CCCC)c2)c1. The highest BCUT2D eigenvalue weighted by molar-refractivity contribution is 5.37. The van der Waals surface area contributed by atoms with Crippen LogP contribution in [0.25, 0.3) is 0 Å². The van der Waals surface area contributed by atoms with Crippen molar-refractivity contribution >= 4 is 0 Å². The maximum atomic E-state index is 2.50. The molecule has 0 aliphatic heterocycles. The van der Waals surface area contributed by atoms with Crippen molar-refractivity contribution in [2.75, 3.05) is 0 Å². The largest absolute Gasteiger partial charge is 0.244 e.